The first-order chi connectivity index (χ1) is 15.3. The summed E-state index contributed by atoms with van der Waals surface area (Å²) in [7, 11) is 0. The van der Waals surface area contributed by atoms with Gasteiger partial charge >= 0.3 is 0 Å². The van der Waals surface area contributed by atoms with E-state index in [1.807, 2.05) is 6.33 Å². The van der Waals surface area contributed by atoms with Gasteiger partial charge in [-0.05, 0) is 32.4 Å². The van der Waals surface area contributed by atoms with E-state index >= 15 is 0 Å². The zero-order chi connectivity index (χ0) is 21.0. The van der Waals surface area contributed by atoms with Gasteiger partial charge in [-0.3, -0.25) is 4.90 Å². The molecule has 2 aromatic rings. The molecule has 5 rings (SSSR count). The number of nitrogens with zero attached hydrogens (tertiary/aromatic N) is 8. The van der Waals surface area contributed by atoms with E-state index < -0.39 is 0 Å². The first kappa shape index (κ1) is 21.1. The molecule has 170 valence electrons. The van der Waals surface area contributed by atoms with Crippen LogP contribution in [0, 0.1) is 0 Å². The van der Waals surface area contributed by atoms with Crippen LogP contribution in [-0.4, -0.2) is 106 Å². The zero-order valence-corrected chi connectivity index (χ0v) is 19.1. The standard InChI is InChI=1S/C23H38N8/c1-2-27-10-12-28(13-11-27)8-5-9-31-19-26-21-22(24-18-25-23(21)31)30-16-14-29(15-17-30)20-6-3-4-7-20/h18-20H,2-17H2,1H3. The predicted molar refractivity (Wildman–Crippen MR) is 125 cm³/mol. The molecule has 0 atom stereocenters. The summed E-state index contributed by atoms with van der Waals surface area (Å²) in [5, 5.41) is 0. The van der Waals surface area contributed by atoms with Crippen LogP contribution >= 0.6 is 0 Å². The van der Waals surface area contributed by atoms with Gasteiger partial charge in [0.2, 0.25) is 0 Å². The molecule has 2 saturated heterocycles. The molecule has 8 nitrogen and oxygen atoms in total. The summed E-state index contributed by atoms with van der Waals surface area (Å²) in [6.45, 7) is 14.7. The second-order valence-corrected chi connectivity index (χ2v) is 9.40. The fraction of sp³-hybridized carbons (Fsp3) is 0.783. The maximum absolute atomic E-state index is 4.74. The smallest absolute Gasteiger partial charge is 0.165 e. The highest BCUT2D eigenvalue weighted by molar-refractivity contribution is 5.83. The molecule has 4 heterocycles. The Morgan fingerprint density at radius 2 is 1.58 bits per heavy atom. The average Bonchev–Trinajstić information content (AvgIpc) is 3.50. The maximum Gasteiger partial charge on any atom is 0.165 e. The first-order valence-corrected chi connectivity index (χ1v) is 12.4. The van der Waals surface area contributed by atoms with E-state index in [2.05, 4.69) is 41.1 Å². The maximum atomic E-state index is 4.74. The molecule has 2 aromatic heterocycles. The Balaban J connectivity index is 1.17. The lowest BCUT2D eigenvalue weighted by Gasteiger charge is -2.38. The predicted octanol–water partition coefficient (Wildman–Crippen LogP) is 1.92. The van der Waals surface area contributed by atoms with Crippen LogP contribution < -0.4 is 4.90 Å². The molecule has 2 aliphatic heterocycles. The molecule has 0 spiro atoms. The van der Waals surface area contributed by atoms with Gasteiger partial charge in [-0.1, -0.05) is 19.8 Å². The number of anilines is 1. The minimum Gasteiger partial charge on any atom is -0.352 e. The molecule has 3 fully saturated rings. The zero-order valence-electron chi connectivity index (χ0n) is 19.1. The van der Waals surface area contributed by atoms with E-state index in [0.717, 1.165) is 68.7 Å². The highest BCUT2D eigenvalue weighted by Crippen LogP contribution is 2.27. The van der Waals surface area contributed by atoms with E-state index in [9.17, 15) is 0 Å². The van der Waals surface area contributed by atoms with Crippen LogP contribution in [0.1, 0.15) is 39.0 Å². The Morgan fingerprint density at radius 3 is 2.32 bits per heavy atom. The van der Waals surface area contributed by atoms with Crippen LogP contribution in [0.15, 0.2) is 12.7 Å². The molecule has 0 amide bonds. The van der Waals surface area contributed by atoms with E-state index in [0.29, 0.717) is 0 Å². The fourth-order valence-corrected chi connectivity index (χ4v) is 5.63. The van der Waals surface area contributed by atoms with Crippen LogP contribution in [0.2, 0.25) is 0 Å². The lowest BCUT2D eigenvalue weighted by molar-refractivity contribution is 0.135. The normalized spacial score (nSPS) is 22.7. The van der Waals surface area contributed by atoms with Gasteiger partial charge in [0.05, 0.1) is 6.33 Å². The van der Waals surface area contributed by atoms with E-state index in [1.165, 1.54) is 58.4 Å². The highest BCUT2D eigenvalue weighted by atomic mass is 15.3. The minimum atomic E-state index is 0.816. The number of imidazole rings is 1. The van der Waals surface area contributed by atoms with Crippen molar-refractivity contribution in [3.8, 4) is 0 Å². The second kappa shape index (κ2) is 9.79. The quantitative estimate of drug-likeness (QED) is 0.670. The van der Waals surface area contributed by atoms with Crippen LogP contribution in [-0.2, 0) is 6.54 Å². The van der Waals surface area contributed by atoms with Gasteiger partial charge in [0, 0.05) is 64.9 Å². The van der Waals surface area contributed by atoms with Crippen LogP contribution in [0.4, 0.5) is 5.82 Å². The molecule has 0 radical (unpaired) electrons. The molecular formula is C23H38N8. The third kappa shape index (κ3) is 4.71. The van der Waals surface area contributed by atoms with Crippen molar-refractivity contribution in [3.63, 3.8) is 0 Å². The summed E-state index contributed by atoms with van der Waals surface area (Å²) in [6, 6.07) is 0.816. The highest BCUT2D eigenvalue weighted by Gasteiger charge is 2.27. The molecule has 0 unspecified atom stereocenters. The molecule has 0 aromatic carbocycles. The Morgan fingerprint density at radius 1 is 0.839 bits per heavy atom. The van der Waals surface area contributed by atoms with Crippen molar-refractivity contribution in [3.05, 3.63) is 12.7 Å². The molecule has 1 aliphatic carbocycles. The molecule has 0 bridgehead atoms. The number of piperazine rings is 2. The van der Waals surface area contributed by atoms with Gasteiger partial charge in [-0.15, -0.1) is 0 Å². The number of likely N-dealkylation sites (N-methyl/N-ethyl adjacent to an activating group) is 1. The summed E-state index contributed by atoms with van der Waals surface area (Å²) >= 11 is 0. The molecule has 0 N–H and O–H groups in total. The van der Waals surface area contributed by atoms with Crippen molar-refractivity contribution in [1.29, 1.82) is 0 Å². The number of hydrogen-bond acceptors (Lipinski definition) is 7. The van der Waals surface area contributed by atoms with Gasteiger partial charge in [0.1, 0.15) is 6.33 Å². The second-order valence-electron chi connectivity index (χ2n) is 9.40. The summed E-state index contributed by atoms with van der Waals surface area (Å²) in [5.74, 6) is 1.02. The van der Waals surface area contributed by atoms with Crippen molar-refractivity contribution in [2.24, 2.45) is 0 Å². The van der Waals surface area contributed by atoms with Gasteiger partial charge in [0.25, 0.3) is 0 Å². The first-order valence-electron chi connectivity index (χ1n) is 12.4. The van der Waals surface area contributed by atoms with E-state index in [-0.39, 0.29) is 0 Å². The minimum absolute atomic E-state index is 0.816. The summed E-state index contributed by atoms with van der Waals surface area (Å²) in [5.41, 5.74) is 1.95. The number of rotatable bonds is 7. The van der Waals surface area contributed by atoms with Crippen LogP contribution in [0.3, 0.4) is 0 Å². The Hall–Kier alpha value is -1.77. The van der Waals surface area contributed by atoms with Crippen molar-refractivity contribution in [2.45, 2.75) is 51.6 Å². The van der Waals surface area contributed by atoms with Gasteiger partial charge in [-0.2, -0.15) is 0 Å². The topological polar surface area (TPSA) is 56.6 Å². The third-order valence-electron chi connectivity index (χ3n) is 7.62. The van der Waals surface area contributed by atoms with Gasteiger partial charge in [-0.25, -0.2) is 15.0 Å². The summed E-state index contributed by atoms with van der Waals surface area (Å²) in [4.78, 5) is 24.2. The summed E-state index contributed by atoms with van der Waals surface area (Å²) < 4.78 is 2.22. The SMILES string of the molecule is CCN1CCN(CCCn2cnc3c(N4CCN(C5CCCC5)CC4)ncnc32)CC1. The van der Waals surface area contributed by atoms with Crippen molar-refractivity contribution in [1.82, 2.24) is 34.2 Å². The fourth-order valence-electron chi connectivity index (χ4n) is 5.63. The Kier molecular flexibility index (Phi) is 6.66. The Bertz CT molecular complexity index is 829. The molecule has 3 aliphatic rings. The Labute approximate surface area is 186 Å². The molecular weight excluding hydrogens is 388 g/mol. The lowest BCUT2D eigenvalue weighted by atomic mass is 10.2. The monoisotopic (exact) mass is 426 g/mol. The van der Waals surface area contributed by atoms with E-state index in [1.54, 1.807) is 6.33 Å². The third-order valence-corrected chi connectivity index (χ3v) is 7.62. The van der Waals surface area contributed by atoms with Crippen molar-refractivity contribution < 1.29 is 0 Å². The molecule has 1 saturated carbocycles. The van der Waals surface area contributed by atoms with Crippen molar-refractivity contribution >= 4 is 17.0 Å². The molecule has 31 heavy (non-hydrogen) atoms. The number of aryl methyl sites for hydroxylation is 1. The largest absolute Gasteiger partial charge is 0.352 e. The van der Waals surface area contributed by atoms with E-state index in [4.69, 9.17) is 4.98 Å². The summed E-state index contributed by atoms with van der Waals surface area (Å²) in [6.07, 6.45) is 10.4. The van der Waals surface area contributed by atoms with Gasteiger partial charge in [0.15, 0.2) is 17.0 Å². The average molecular weight is 427 g/mol. The lowest BCUT2D eigenvalue weighted by Crippen LogP contribution is -2.50. The van der Waals surface area contributed by atoms with Crippen LogP contribution in [0.25, 0.3) is 11.2 Å². The molecule has 8 heteroatoms. The number of fused-ring (bicyclic) bond motifs is 1. The van der Waals surface area contributed by atoms with Gasteiger partial charge < -0.3 is 19.3 Å². The number of aromatic nitrogens is 4. The number of hydrogen-bond donors (Lipinski definition) is 0. The van der Waals surface area contributed by atoms with Crippen LogP contribution in [0.5, 0.6) is 0 Å². The van der Waals surface area contributed by atoms with Crippen molar-refractivity contribution in [2.75, 3.05) is 70.3 Å².